The minimum absolute atomic E-state index is 0.0163. The molecule has 1 amide bonds. The second-order valence-electron chi connectivity index (χ2n) is 6.99. The standard InChI is InChI=1S/C17H26N2OS/c1-11(2)9-15-17(20)19(12(3)13-5-4-6-13)16(18-15)14-7-8-21-10-14/h7-8,10-13,15-16,18H,4-6,9H2,1-3H3. The van der Waals surface area contributed by atoms with E-state index in [1.807, 2.05) is 0 Å². The number of hydrogen-bond donors (Lipinski definition) is 1. The lowest BCUT2D eigenvalue weighted by atomic mass is 9.79. The molecule has 116 valence electrons. The zero-order valence-corrected chi connectivity index (χ0v) is 14.0. The van der Waals surface area contributed by atoms with Crippen LogP contribution in [0.5, 0.6) is 0 Å². The molecule has 1 aliphatic carbocycles. The highest BCUT2D eigenvalue weighted by Crippen LogP contribution is 2.38. The SMILES string of the molecule is CC(C)CC1NC(c2ccsc2)N(C(C)C2CCC2)C1=O. The van der Waals surface area contributed by atoms with E-state index in [4.69, 9.17) is 0 Å². The molecule has 0 radical (unpaired) electrons. The third kappa shape index (κ3) is 2.88. The van der Waals surface area contributed by atoms with Gasteiger partial charge in [-0.15, -0.1) is 0 Å². The molecule has 2 fully saturated rings. The topological polar surface area (TPSA) is 32.3 Å². The van der Waals surface area contributed by atoms with Crippen LogP contribution in [0, 0.1) is 11.8 Å². The van der Waals surface area contributed by atoms with Crippen molar-refractivity contribution < 1.29 is 4.79 Å². The van der Waals surface area contributed by atoms with E-state index in [2.05, 4.69) is 47.8 Å². The molecule has 1 saturated carbocycles. The van der Waals surface area contributed by atoms with Gasteiger partial charge in [0.2, 0.25) is 5.91 Å². The molecule has 2 aliphatic rings. The highest BCUT2D eigenvalue weighted by molar-refractivity contribution is 7.07. The number of thiophene rings is 1. The molecule has 0 bridgehead atoms. The number of rotatable bonds is 5. The Labute approximate surface area is 131 Å². The van der Waals surface area contributed by atoms with Gasteiger partial charge in [-0.2, -0.15) is 11.3 Å². The van der Waals surface area contributed by atoms with Crippen LogP contribution >= 0.6 is 11.3 Å². The van der Waals surface area contributed by atoms with Crippen LogP contribution in [0.4, 0.5) is 0 Å². The van der Waals surface area contributed by atoms with Crippen molar-refractivity contribution in [3.63, 3.8) is 0 Å². The number of hydrogen-bond acceptors (Lipinski definition) is 3. The first kappa shape index (κ1) is 15.0. The summed E-state index contributed by atoms with van der Waals surface area (Å²) in [5.74, 6) is 1.53. The maximum Gasteiger partial charge on any atom is 0.241 e. The summed E-state index contributed by atoms with van der Waals surface area (Å²) in [6.07, 6.45) is 4.87. The molecule has 1 N–H and O–H groups in total. The monoisotopic (exact) mass is 306 g/mol. The Bertz CT molecular complexity index is 481. The lowest BCUT2D eigenvalue weighted by Crippen LogP contribution is -2.44. The van der Waals surface area contributed by atoms with Crippen molar-refractivity contribution in [1.82, 2.24) is 10.2 Å². The molecule has 1 aliphatic heterocycles. The summed E-state index contributed by atoms with van der Waals surface area (Å²) in [5, 5.41) is 7.86. The largest absolute Gasteiger partial charge is 0.319 e. The Morgan fingerprint density at radius 2 is 2.14 bits per heavy atom. The van der Waals surface area contributed by atoms with Crippen LogP contribution < -0.4 is 5.32 Å². The minimum Gasteiger partial charge on any atom is -0.319 e. The van der Waals surface area contributed by atoms with Crippen molar-refractivity contribution in [2.45, 2.75) is 64.7 Å². The number of carbonyl (C=O) groups excluding carboxylic acids is 1. The zero-order valence-electron chi connectivity index (χ0n) is 13.2. The smallest absolute Gasteiger partial charge is 0.241 e. The Morgan fingerprint density at radius 3 is 2.67 bits per heavy atom. The van der Waals surface area contributed by atoms with E-state index in [9.17, 15) is 4.79 Å². The van der Waals surface area contributed by atoms with Gasteiger partial charge in [0.15, 0.2) is 0 Å². The fourth-order valence-electron chi connectivity index (χ4n) is 3.56. The lowest BCUT2D eigenvalue weighted by Gasteiger charge is -2.39. The van der Waals surface area contributed by atoms with Crippen LogP contribution in [0.2, 0.25) is 0 Å². The Morgan fingerprint density at radius 1 is 1.38 bits per heavy atom. The first-order valence-corrected chi connectivity index (χ1v) is 9.12. The molecular weight excluding hydrogens is 280 g/mol. The van der Waals surface area contributed by atoms with E-state index in [1.54, 1.807) is 11.3 Å². The molecule has 2 heterocycles. The fourth-order valence-corrected chi connectivity index (χ4v) is 4.24. The summed E-state index contributed by atoms with van der Waals surface area (Å²) in [6, 6.07) is 2.48. The number of amides is 1. The molecule has 4 heteroatoms. The molecule has 3 rings (SSSR count). The second kappa shape index (κ2) is 6.09. The van der Waals surface area contributed by atoms with Gasteiger partial charge in [-0.3, -0.25) is 10.1 Å². The second-order valence-corrected chi connectivity index (χ2v) is 7.77. The molecule has 1 aromatic rings. The minimum atomic E-state index is -0.0163. The summed E-state index contributed by atoms with van der Waals surface area (Å²) in [6.45, 7) is 6.61. The van der Waals surface area contributed by atoms with Crippen LogP contribution in [0.3, 0.4) is 0 Å². The highest BCUT2D eigenvalue weighted by atomic mass is 32.1. The summed E-state index contributed by atoms with van der Waals surface area (Å²) >= 11 is 1.71. The van der Waals surface area contributed by atoms with Crippen molar-refractivity contribution in [1.29, 1.82) is 0 Å². The summed E-state index contributed by atoms with van der Waals surface area (Å²) in [4.78, 5) is 15.0. The van der Waals surface area contributed by atoms with E-state index in [0.717, 1.165) is 6.42 Å². The number of nitrogens with one attached hydrogen (secondary N) is 1. The molecule has 1 aromatic heterocycles. The summed E-state index contributed by atoms with van der Waals surface area (Å²) in [5.41, 5.74) is 1.24. The third-order valence-electron chi connectivity index (χ3n) is 5.03. The van der Waals surface area contributed by atoms with Gasteiger partial charge < -0.3 is 4.90 Å². The van der Waals surface area contributed by atoms with Crippen molar-refractivity contribution in [2.24, 2.45) is 11.8 Å². The van der Waals surface area contributed by atoms with Gasteiger partial charge in [-0.05, 0) is 60.4 Å². The van der Waals surface area contributed by atoms with Crippen LogP contribution in [-0.4, -0.2) is 22.9 Å². The fraction of sp³-hybridized carbons (Fsp3) is 0.706. The molecule has 0 spiro atoms. The van der Waals surface area contributed by atoms with Gasteiger partial charge in [0.1, 0.15) is 6.17 Å². The molecule has 21 heavy (non-hydrogen) atoms. The van der Waals surface area contributed by atoms with Crippen LogP contribution in [0.25, 0.3) is 0 Å². The van der Waals surface area contributed by atoms with Gasteiger partial charge in [0.25, 0.3) is 0 Å². The average molecular weight is 306 g/mol. The number of nitrogens with zero attached hydrogens (tertiary/aromatic N) is 1. The van der Waals surface area contributed by atoms with E-state index in [-0.39, 0.29) is 12.2 Å². The van der Waals surface area contributed by atoms with Crippen molar-refractivity contribution in [3.8, 4) is 0 Å². The first-order chi connectivity index (χ1) is 10.1. The van der Waals surface area contributed by atoms with E-state index in [1.165, 1.54) is 24.8 Å². The highest BCUT2D eigenvalue weighted by Gasteiger charge is 2.44. The van der Waals surface area contributed by atoms with Crippen molar-refractivity contribution in [3.05, 3.63) is 22.4 Å². The molecule has 0 aromatic carbocycles. The zero-order chi connectivity index (χ0) is 15.0. The van der Waals surface area contributed by atoms with Crippen molar-refractivity contribution >= 4 is 17.2 Å². The van der Waals surface area contributed by atoms with Gasteiger partial charge in [0, 0.05) is 6.04 Å². The van der Waals surface area contributed by atoms with E-state index >= 15 is 0 Å². The Hall–Kier alpha value is -0.870. The average Bonchev–Trinajstić information content (AvgIpc) is 2.95. The molecule has 3 atom stereocenters. The predicted molar refractivity (Wildman–Crippen MR) is 87.1 cm³/mol. The summed E-state index contributed by atoms with van der Waals surface area (Å²) < 4.78 is 0. The molecule has 3 nitrogen and oxygen atoms in total. The Balaban J connectivity index is 1.83. The maximum absolute atomic E-state index is 12.9. The third-order valence-corrected chi connectivity index (χ3v) is 5.73. The molecule has 1 saturated heterocycles. The van der Waals surface area contributed by atoms with E-state index in [0.29, 0.717) is 23.8 Å². The molecule has 3 unspecified atom stereocenters. The Kier molecular flexibility index (Phi) is 4.36. The molecular formula is C17H26N2OS. The van der Waals surface area contributed by atoms with Crippen LogP contribution in [0.15, 0.2) is 16.8 Å². The van der Waals surface area contributed by atoms with Crippen molar-refractivity contribution in [2.75, 3.05) is 0 Å². The quantitative estimate of drug-likeness (QED) is 0.898. The van der Waals surface area contributed by atoms with Crippen LogP contribution in [-0.2, 0) is 4.79 Å². The van der Waals surface area contributed by atoms with Gasteiger partial charge in [-0.1, -0.05) is 20.3 Å². The van der Waals surface area contributed by atoms with Crippen LogP contribution in [0.1, 0.15) is 58.2 Å². The summed E-state index contributed by atoms with van der Waals surface area (Å²) in [7, 11) is 0. The maximum atomic E-state index is 12.9. The van der Waals surface area contributed by atoms with Gasteiger partial charge >= 0.3 is 0 Å². The van der Waals surface area contributed by atoms with E-state index < -0.39 is 0 Å². The van der Waals surface area contributed by atoms with Gasteiger partial charge in [0.05, 0.1) is 6.04 Å². The van der Waals surface area contributed by atoms with Gasteiger partial charge in [-0.25, -0.2) is 0 Å². The normalized spacial score (nSPS) is 28.2. The lowest BCUT2D eigenvalue weighted by molar-refractivity contribution is -0.134. The first-order valence-electron chi connectivity index (χ1n) is 8.18. The predicted octanol–water partition coefficient (Wildman–Crippen LogP) is 3.78. The number of carbonyl (C=O) groups is 1.